The van der Waals surface area contributed by atoms with Gasteiger partial charge in [0, 0.05) is 4.47 Å². The maximum atomic E-state index is 4.38. The Morgan fingerprint density at radius 3 is 1.55 bits per heavy atom. The van der Waals surface area contributed by atoms with Gasteiger partial charge in [-0.2, -0.15) is 10.2 Å². The highest BCUT2D eigenvalue weighted by atomic mass is 79.9. The SMILES string of the molecule is Brc1ccc(N=Nc2ccc(-c3c4ccccc4cc4ccccc34)cc2)cc1. The van der Waals surface area contributed by atoms with Gasteiger partial charge in [0.05, 0.1) is 11.4 Å². The minimum absolute atomic E-state index is 0.831. The Morgan fingerprint density at radius 2 is 1.00 bits per heavy atom. The van der Waals surface area contributed by atoms with Crippen LogP contribution in [0.3, 0.4) is 0 Å². The number of benzene rings is 5. The fraction of sp³-hybridized carbons (Fsp3) is 0. The first-order valence-corrected chi connectivity index (χ1v) is 10.3. The monoisotopic (exact) mass is 436 g/mol. The molecule has 0 aromatic heterocycles. The van der Waals surface area contributed by atoms with Crippen molar-refractivity contribution in [2.45, 2.75) is 0 Å². The van der Waals surface area contributed by atoms with Crippen LogP contribution in [0.2, 0.25) is 0 Å². The van der Waals surface area contributed by atoms with Crippen LogP contribution >= 0.6 is 15.9 Å². The molecule has 0 saturated carbocycles. The predicted molar refractivity (Wildman–Crippen MR) is 125 cm³/mol. The molecule has 0 fully saturated rings. The molecule has 5 rings (SSSR count). The lowest BCUT2D eigenvalue weighted by Crippen LogP contribution is -1.85. The first-order chi connectivity index (χ1) is 14.3. The van der Waals surface area contributed by atoms with Crippen molar-refractivity contribution < 1.29 is 0 Å². The van der Waals surface area contributed by atoms with Gasteiger partial charge in [0.25, 0.3) is 0 Å². The van der Waals surface area contributed by atoms with Gasteiger partial charge >= 0.3 is 0 Å². The molecule has 3 heteroatoms. The average Bonchev–Trinajstić information content (AvgIpc) is 2.77. The van der Waals surface area contributed by atoms with E-state index < -0.39 is 0 Å². The lowest BCUT2D eigenvalue weighted by atomic mass is 9.92. The lowest BCUT2D eigenvalue weighted by Gasteiger charge is -2.12. The third-order valence-corrected chi connectivity index (χ3v) is 5.56. The Bertz CT molecular complexity index is 1280. The van der Waals surface area contributed by atoms with Crippen molar-refractivity contribution in [2.75, 3.05) is 0 Å². The topological polar surface area (TPSA) is 24.7 Å². The van der Waals surface area contributed by atoms with Crippen molar-refractivity contribution in [2.24, 2.45) is 10.2 Å². The van der Waals surface area contributed by atoms with E-state index in [2.05, 4.69) is 92.9 Å². The van der Waals surface area contributed by atoms with E-state index in [1.807, 2.05) is 36.4 Å². The molecule has 0 saturated heterocycles. The Labute approximate surface area is 177 Å². The van der Waals surface area contributed by atoms with Crippen molar-refractivity contribution in [1.29, 1.82) is 0 Å². The number of hydrogen-bond acceptors (Lipinski definition) is 2. The third kappa shape index (κ3) is 3.57. The maximum absolute atomic E-state index is 4.38. The lowest BCUT2D eigenvalue weighted by molar-refractivity contribution is 1.23. The molecule has 0 unspecified atom stereocenters. The van der Waals surface area contributed by atoms with E-state index in [4.69, 9.17) is 0 Å². The fourth-order valence-electron chi connectivity index (χ4n) is 3.64. The summed E-state index contributed by atoms with van der Waals surface area (Å²) in [6, 6.07) is 35.5. The zero-order valence-electron chi connectivity index (χ0n) is 15.6. The van der Waals surface area contributed by atoms with E-state index in [9.17, 15) is 0 Å². The normalized spacial score (nSPS) is 11.5. The number of fused-ring (bicyclic) bond motifs is 2. The minimum Gasteiger partial charge on any atom is -0.151 e. The van der Waals surface area contributed by atoms with Gasteiger partial charge in [0.15, 0.2) is 0 Å². The minimum atomic E-state index is 0.831. The summed E-state index contributed by atoms with van der Waals surface area (Å²) in [5.74, 6) is 0. The molecular formula is C26H17BrN2. The van der Waals surface area contributed by atoms with Gasteiger partial charge in [-0.15, -0.1) is 0 Å². The molecule has 0 aliphatic heterocycles. The van der Waals surface area contributed by atoms with Crippen molar-refractivity contribution >= 4 is 48.8 Å². The maximum Gasteiger partial charge on any atom is 0.0857 e. The van der Waals surface area contributed by atoms with Crippen molar-refractivity contribution in [3.8, 4) is 11.1 Å². The Balaban J connectivity index is 1.57. The molecule has 138 valence electrons. The average molecular weight is 437 g/mol. The summed E-state index contributed by atoms with van der Waals surface area (Å²) < 4.78 is 1.03. The standard InChI is InChI=1S/C26H17BrN2/c27-21-11-15-23(16-12-21)29-28-22-13-9-18(10-14-22)26-24-7-3-1-5-19(24)17-20-6-2-4-8-25(20)26/h1-17H. The number of halogens is 1. The number of rotatable bonds is 3. The molecule has 5 aromatic rings. The van der Waals surface area contributed by atoms with Crippen LogP contribution in [-0.4, -0.2) is 0 Å². The first-order valence-electron chi connectivity index (χ1n) is 9.46. The number of hydrogen-bond donors (Lipinski definition) is 0. The molecule has 0 N–H and O–H groups in total. The van der Waals surface area contributed by atoms with Crippen LogP contribution in [0.4, 0.5) is 11.4 Å². The first kappa shape index (κ1) is 17.8. The summed E-state index contributed by atoms with van der Waals surface area (Å²) in [6.45, 7) is 0. The highest BCUT2D eigenvalue weighted by Crippen LogP contribution is 2.37. The second-order valence-corrected chi connectivity index (χ2v) is 7.83. The van der Waals surface area contributed by atoms with Crippen LogP contribution in [0.5, 0.6) is 0 Å². The summed E-state index contributed by atoms with van der Waals surface area (Å²) in [5, 5.41) is 13.7. The molecule has 0 aliphatic carbocycles. The van der Waals surface area contributed by atoms with E-state index in [-0.39, 0.29) is 0 Å². The van der Waals surface area contributed by atoms with Gasteiger partial charge in [-0.1, -0.05) is 76.6 Å². The second kappa shape index (κ2) is 7.61. The quantitative estimate of drug-likeness (QED) is 0.199. The largest absolute Gasteiger partial charge is 0.151 e. The van der Waals surface area contributed by atoms with E-state index >= 15 is 0 Å². The van der Waals surface area contributed by atoms with Gasteiger partial charge in [0.1, 0.15) is 0 Å². The number of nitrogens with zero attached hydrogens (tertiary/aromatic N) is 2. The van der Waals surface area contributed by atoms with Gasteiger partial charge in [-0.05, 0) is 75.1 Å². The highest BCUT2D eigenvalue weighted by Gasteiger charge is 2.09. The van der Waals surface area contributed by atoms with Crippen LogP contribution in [-0.2, 0) is 0 Å². The Morgan fingerprint density at radius 1 is 0.517 bits per heavy atom. The summed E-state index contributed by atoms with van der Waals surface area (Å²) in [5.41, 5.74) is 4.11. The summed E-state index contributed by atoms with van der Waals surface area (Å²) in [7, 11) is 0. The molecule has 0 atom stereocenters. The van der Waals surface area contributed by atoms with Gasteiger partial charge in [-0.3, -0.25) is 0 Å². The zero-order valence-corrected chi connectivity index (χ0v) is 17.2. The van der Waals surface area contributed by atoms with Gasteiger partial charge in [-0.25, -0.2) is 0 Å². The fourth-order valence-corrected chi connectivity index (χ4v) is 3.91. The van der Waals surface area contributed by atoms with Gasteiger partial charge in [0.2, 0.25) is 0 Å². The molecule has 0 amide bonds. The van der Waals surface area contributed by atoms with E-state index in [0.717, 1.165) is 15.8 Å². The van der Waals surface area contributed by atoms with E-state index in [1.54, 1.807) is 0 Å². The third-order valence-electron chi connectivity index (χ3n) is 5.03. The highest BCUT2D eigenvalue weighted by molar-refractivity contribution is 9.10. The molecule has 0 heterocycles. The Hall–Kier alpha value is -3.30. The Kier molecular flexibility index (Phi) is 4.66. The van der Waals surface area contributed by atoms with Gasteiger partial charge < -0.3 is 0 Å². The van der Waals surface area contributed by atoms with Crippen LogP contribution in [0.15, 0.2) is 118 Å². The molecule has 2 nitrogen and oxygen atoms in total. The van der Waals surface area contributed by atoms with Crippen LogP contribution in [0.1, 0.15) is 0 Å². The molecular weight excluding hydrogens is 420 g/mol. The van der Waals surface area contributed by atoms with E-state index in [0.29, 0.717) is 0 Å². The van der Waals surface area contributed by atoms with Crippen molar-refractivity contribution in [1.82, 2.24) is 0 Å². The van der Waals surface area contributed by atoms with E-state index in [1.165, 1.54) is 32.7 Å². The molecule has 0 radical (unpaired) electrons. The van der Waals surface area contributed by atoms with Crippen LogP contribution < -0.4 is 0 Å². The molecule has 0 bridgehead atoms. The molecule has 5 aromatic carbocycles. The second-order valence-electron chi connectivity index (χ2n) is 6.92. The predicted octanol–water partition coefficient (Wildman–Crippen LogP) is 8.84. The molecule has 0 aliphatic rings. The molecule has 0 spiro atoms. The summed E-state index contributed by atoms with van der Waals surface area (Å²) in [4.78, 5) is 0. The summed E-state index contributed by atoms with van der Waals surface area (Å²) >= 11 is 3.43. The summed E-state index contributed by atoms with van der Waals surface area (Å²) in [6.07, 6.45) is 0. The van der Waals surface area contributed by atoms with Crippen molar-refractivity contribution in [3.63, 3.8) is 0 Å². The zero-order chi connectivity index (χ0) is 19.6. The molecule has 29 heavy (non-hydrogen) atoms. The number of azo groups is 1. The smallest absolute Gasteiger partial charge is 0.0857 e. The van der Waals surface area contributed by atoms with Crippen LogP contribution in [0, 0.1) is 0 Å². The van der Waals surface area contributed by atoms with Crippen molar-refractivity contribution in [3.05, 3.63) is 108 Å². The van der Waals surface area contributed by atoms with Crippen LogP contribution in [0.25, 0.3) is 32.7 Å².